The molecule has 33 heavy (non-hydrogen) atoms. The second-order valence-electron chi connectivity index (χ2n) is 9.57. The number of anilines is 1. The number of carbonyl (C=O) groups is 2. The molecule has 1 aliphatic rings. The number of amides is 2. The maximum absolute atomic E-state index is 12.9. The topological polar surface area (TPSA) is 73.9 Å². The van der Waals surface area contributed by atoms with E-state index in [0.717, 1.165) is 49.8 Å². The van der Waals surface area contributed by atoms with Crippen LogP contribution in [0.25, 0.3) is 0 Å². The average Bonchev–Trinajstić information content (AvgIpc) is 2.99. The van der Waals surface area contributed by atoms with Gasteiger partial charge in [0, 0.05) is 30.9 Å². The molecule has 1 unspecified atom stereocenters. The largest absolute Gasteiger partial charge is 0.457 e. The van der Waals surface area contributed by atoms with Crippen molar-refractivity contribution in [2.45, 2.75) is 45.7 Å². The minimum atomic E-state index is -0.256. The lowest BCUT2D eigenvalue weighted by Crippen LogP contribution is -2.47. The Bertz CT molecular complexity index is 909. The lowest BCUT2D eigenvalue weighted by Gasteiger charge is -2.27. The average molecular weight is 453 g/mol. The molecule has 7 nitrogen and oxygen atoms in total. The van der Waals surface area contributed by atoms with Crippen LogP contribution in [0.1, 0.15) is 34.1 Å². The molecule has 2 aromatic carbocycles. The molecule has 2 N–H and O–H groups in total. The molecule has 3 rings (SSSR count). The number of rotatable bonds is 7. The molecule has 0 radical (unpaired) electrons. The van der Waals surface area contributed by atoms with Crippen LogP contribution in [0.3, 0.4) is 0 Å². The monoisotopic (exact) mass is 452 g/mol. The Morgan fingerprint density at radius 3 is 2.27 bits per heavy atom. The van der Waals surface area contributed by atoms with E-state index in [1.54, 1.807) is 0 Å². The summed E-state index contributed by atoms with van der Waals surface area (Å²) in [6, 6.07) is 16.7. The first-order valence-corrected chi connectivity index (χ1v) is 11.6. The molecule has 0 aromatic heterocycles. The first-order valence-electron chi connectivity index (χ1n) is 11.6. The van der Waals surface area contributed by atoms with Crippen LogP contribution in [-0.4, -0.2) is 65.9 Å². The third-order valence-corrected chi connectivity index (χ3v) is 5.53. The van der Waals surface area contributed by atoms with Gasteiger partial charge < -0.3 is 15.4 Å². The third kappa shape index (κ3) is 8.18. The van der Waals surface area contributed by atoms with Gasteiger partial charge in [-0.3, -0.25) is 19.4 Å². The second kappa shape index (κ2) is 11.3. The standard InChI is InChI=1S/C26H36N4O3/c1-20(30-16-8-15-29(17-18-30)19-24(31)28-26(2,3)4)25(32)27-21-11-13-23(14-12-21)33-22-9-6-5-7-10-22/h5-7,9-14,20H,8,15-19H2,1-4H3,(H,27,32)(H,28,31). The molecule has 1 atom stereocenters. The van der Waals surface area contributed by atoms with Gasteiger partial charge in [-0.05, 0) is 77.1 Å². The van der Waals surface area contributed by atoms with E-state index in [1.165, 1.54) is 0 Å². The Labute approximate surface area is 197 Å². The third-order valence-electron chi connectivity index (χ3n) is 5.53. The van der Waals surface area contributed by atoms with Crippen LogP contribution in [0, 0.1) is 0 Å². The van der Waals surface area contributed by atoms with E-state index < -0.39 is 0 Å². The summed E-state index contributed by atoms with van der Waals surface area (Å²) in [6.45, 7) is 11.5. The van der Waals surface area contributed by atoms with Crippen molar-refractivity contribution in [1.29, 1.82) is 0 Å². The van der Waals surface area contributed by atoms with Crippen molar-refractivity contribution in [2.75, 3.05) is 38.0 Å². The lowest BCUT2D eigenvalue weighted by atomic mass is 10.1. The SMILES string of the molecule is CC(C(=O)Nc1ccc(Oc2ccccc2)cc1)N1CCCN(CC(=O)NC(C)(C)C)CC1. The highest BCUT2D eigenvalue weighted by Gasteiger charge is 2.25. The van der Waals surface area contributed by atoms with E-state index >= 15 is 0 Å². The number of ether oxygens (including phenoxy) is 1. The van der Waals surface area contributed by atoms with Crippen molar-refractivity contribution in [1.82, 2.24) is 15.1 Å². The van der Waals surface area contributed by atoms with Gasteiger partial charge in [-0.2, -0.15) is 0 Å². The summed E-state index contributed by atoms with van der Waals surface area (Å²) in [5.74, 6) is 1.50. The summed E-state index contributed by atoms with van der Waals surface area (Å²) in [5, 5.41) is 6.02. The molecule has 1 fully saturated rings. The van der Waals surface area contributed by atoms with Crippen molar-refractivity contribution in [3.05, 3.63) is 54.6 Å². The summed E-state index contributed by atoms with van der Waals surface area (Å²) < 4.78 is 5.80. The molecule has 0 aliphatic carbocycles. The summed E-state index contributed by atoms with van der Waals surface area (Å²) >= 11 is 0. The number of nitrogens with one attached hydrogen (secondary N) is 2. The quantitative estimate of drug-likeness (QED) is 0.670. The van der Waals surface area contributed by atoms with E-state index in [9.17, 15) is 9.59 Å². The maximum atomic E-state index is 12.9. The van der Waals surface area contributed by atoms with Crippen molar-refractivity contribution in [2.24, 2.45) is 0 Å². The van der Waals surface area contributed by atoms with Gasteiger partial charge in [0.05, 0.1) is 12.6 Å². The number of carbonyl (C=O) groups excluding carboxylic acids is 2. The molecular weight excluding hydrogens is 416 g/mol. The Morgan fingerprint density at radius 2 is 1.61 bits per heavy atom. The first-order chi connectivity index (χ1) is 15.7. The zero-order chi connectivity index (χ0) is 23.8. The van der Waals surface area contributed by atoms with Gasteiger partial charge in [-0.15, -0.1) is 0 Å². The van der Waals surface area contributed by atoms with E-state index in [2.05, 4.69) is 20.4 Å². The summed E-state index contributed by atoms with van der Waals surface area (Å²) in [6.07, 6.45) is 0.923. The summed E-state index contributed by atoms with van der Waals surface area (Å²) in [5.41, 5.74) is 0.510. The number of para-hydroxylation sites is 1. The zero-order valence-corrected chi connectivity index (χ0v) is 20.1. The van der Waals surface area contributed by atoms with Crippen LogP contribution in [0.2, 0.25) is 0 Å². The van der Waals surface area contributed by atoms with Gasteiger partial charge in [0.2, 0.25) is 11.8 Å². The fraction of sp³-hybridized carbons (Fsp3) is 0.462. The fourth-order valence-electron chi connectivity index (χ4n) is 3.84. The van der Waals surface area contributed by atoms with Crippen LogP contribution >= 0.6 is 0 Å². The van der Waals surface area contributed by atoms with Gasteiger partial charge in [0.15, 0.2) is 0 Å². The Hall–Kier alpha value is -2.90. The summed E-state index contributed by atoms with van der Waals surface area (Å²) in [7, 11) is 0. The van der Waals surface area contributed by atoms with Crippen molar-refractivity contribution in [3.63, 3.8) is 0 Å². The molecule has 178 valence electrons. The van der Waals surface area contributed by atoms with E-state index in [0.29, 0.717) is 6.54 Å². The van der Waals surface area contributed by atoms with Gasteiger partial charge in [0.1, 0.15) is 11.5 Å². The molecule has 1 saturated heterocycles. The van der Waals surface area contributed by atoms with Crippen LogP contribution < -0.4 is 15.4 Å². The van der Waals surface area contributed by atoms with E-state index in [1.807, 2.05) is 82.3 Å². The second-order valence-corrected chi connectivity index (χ2v) is 9.57. The Balaban J connectivity index is 1.48. The predicted octanol–water partition coefficient (Wildman–Crippen LogP) is 3.73. The smallest absolute Gasteiger partial charge is 0.241 e. The molecule has 0 saturated carbocycles. The van der Waals surface area contributed by atoms with Gasteiger partial charge in [0.25, 0.3) is 0 Å². The number of hydrogen-bond acceptors (Lipinski definition) is 5. The number of hydrogen-bond donors (Lipinski definition) is 2. The van der Waals surface area contributed by atoms with Gasteiger partial charge in [-0.25, -0.2) is 0 Å². The number of benzene rings is 2. The van der Waals surface area contributed by atoms with Crippen molar-refractivity contribution >= 4 is 17.5 Å². The molecule has 1 aliphatic heterocycles. The van der Waals surface area contributed by atoms with Crippen molar-refractivity contribution < 1.29 is 14.3 Å². The van der Waals surface area contributed by atoms with Crippen molar-refractivity contribution in [3.8, 4) is 11.5 Å². The highest BCUT2D eigenvalue weighted by molar-refractivity contribution is 5.94. The Morgan fingerprint density at radius 1 is 0.939 bits per heavy atom. The predicted molar refractivity (Wildman–Crippen MR) is 132 cm³/mol. The highest BCUT2D eigenvalue weighted by Crippen LogP contribution is 2.23. The minimum absolute atomic E-state index is 0.0364. The van der Waals surface area contributed by atoms with Crippen LogP contribution in [0.4, 0.5) is 5.69 Å². The molecule has 2 aromatic rings. The molecular formula is C26H36N4O3. The fourth-order valence-corrected chi connectivity index (χ4v) is 3.84. The van der Waals surface area contributed by atoms with E-state index in [4.69, 9.17) is 4.74 Å². The zero-order valence-electron chi connectivity index (χ0n) is 20.1. The molecule has 2 amide bonds. The Kier molecular flexibility index (Phi) is 8.47. The minimum Gasteiger partial charge on any atom is -0.457 e. The van der Waals surface area contributed by atoms with Crippen LogP contribution in [-0.2, 0) is 9.59 Å². The molecule has 1 heterocycles. The molecule has 7 heteroatoms. The highest BCUT2D eigenvalue weighted by atomic mass is 16.5. The molecule has 0 bridgehead atoms. The lowest BCUT2D eigenvalue weighted by molar-refractivity contribution is -0.124. The van der Waals surface area contributed by atoms with Crippen LogP contribution in [0.5, 0.6) is 11.5 Å². The normalized spacial score (nSPS) is 16.5. The number of nitrogens with zero attached hydrogens (tertiary/aromatic N) is 2. The molecule has 0 spiro atoms. The van der Waals surface area contributed by atoms with Crippen LogP contribution in [0.15, 0.2) is 54.6 Å². The maximum Gasteiger partial charge on any atom is 0.241 e. The van der Waals surface area contributed by atoms with Gasteiger partial charge >= 0.3 is 0 Å². The van der Waals surface area contributed by atoms with Gasteiger partial charge in [-0.1, -0.05) is 18.2 Å². The first kappa shape index (κ1) is 24.7. The van der Waals surface area contributed by atoms with E-state index in [-0.39, 0.29) is 23.4 Å². The summed E-state index contributed by atoms with van der Waals surface area (Å²) in [4.78, 5) is 29.5.